The van der Waals surface area contributed by atoms with Crippen LogP contribution in [0.15, 0.2) is 0 Å². The second-order valence-corrected chi connectivity index (χ2v) is 3.15. The molecule has 0 bridgehead atoms. The lowest BCUT2D eigenvalue weighted by Crippen LogP contribution is -2.02. The van der Waals surface area contributed by atoms with Crippen LogP contribution in [0.1, 0.15) is 19.3 Å². The molecule has 1 spiro atoms. The zero-order valence-electron chi connectivity index (χ0n) is 5.47. The van der Waals surface area contributed by atoms with E-state index in [1.54, 1.807) is 0 Å². The zero-order chi connectivity index (χ0) is 6.32. The minimum atomic E-state index is 0.173. The second kappa shape index (κ2) is 1.70. The first kappa shape index (κ1) is 5.69. The first-order chi connectivity index (χ1) is 4.37. The standard InChI is InChI=1S/C7H12O2/c8-3-4-9-6-5-7(6)1-2-7/h6,8H,1-5H2. The van der Waals surface area contributed by atoms with Crippen molar-refractivity contribution in [2.75, 3.05) is 13.2 Å². The van der Waals surface area contributed by atoms with E-state index in [-0.39, 0.29) is 6.61 Å². The molecule has 1 atom stereocenters. The summed E-state index contributed by atoms with van der Waals surface area (Å²) in [7, 11) is 0. The SMILES string of the molecule is OCCOC1CC12CC2. The maximum absolute atomic E-state index is 8.41. The van der Waals surface area contributed by atoms with Gasteiger partial charge in [0.25, 0.3) is 0 Å². The van der Waals surface area contributed by atoms with Crippen LogP contribution in [-0.2, 0) is 4.74 Å². The second-order valence-electron chi connectivity index (χ2n) is 3.15. The molecule has 1 N–H and O–H groups in total. The first-order valence-electron chi connectivity index (χ1n) is 3.60. The molecule has 2 aliphatic carbocycles. The Bertz CT molecular complexity index is 118. The lowest BCUT2D eigenvalue weighted by molar-refractivity contribution is 0.0707. The Kier molecular flexibility index (Phi) is 1.08. The van der Waals surface area contributed by atoms with Crippen molar-refractivity contribution in [3.63, 3.8) is 0 Å². The van der Waals surface area contributed by atoms with Gasteiger partial charge in [-0.15, -0.1) is 0 Å². The van der Waals surface area contributed by atoms with Gasteiger partial charge in [-0.1, -0.05) is 0 Å². The Hall–Kier alpha value is -0.0800. The summed E-state index contributed by atoms with van der Waals surface area (Å²) in [6, 6.07) is 0. The highest BCUT2D eigenvalue weighted by Gasteiger charge is 2.63. The lowest BCUT2D eigenvalue weighted by atomic mass is 10.4. The summed E-state index contributed by atoms with van der Waals surface area (Å²) in [5.41, 5.74) is 0.634. The van der Waals surface area contributed by atoms with Crippen LogP contribution in [-0.4, -0.2) is 24.4 Å². The van der Waals surface area contributed by atoms with Gasteiger partial charge in [0.1, 0.15) is 0 Å². The van der Waals surface area contributed by atoms with Gasteiger partial charge in [0, 0.05) is 0 Å². The van der Waals surface area contributed by atoms with Crippen LogP contribution in [0.3, 0.4) is 0 Å². The van der Waals surface area contributed by atoms with E-state index in [1.165, 1.54) is 19.3 Å². The van der Waals surface area contributed by atoms with Gasteiger partial charge in [-0.25, -0.2) is 0 Å². The van der Waals surface area contributed by atoms with Gasteiger partial charge in [-0.05, 0) is 24.7 Å². The highest BCUT2D eigenvalue weighted by molar-refractivity contribution is 5.14. The highest BCUT2D eigenvalue weighted by Crippen LogP contribution is 2.67. The van der Waals surface area contributed by atoms with Gasteiger partial charge >= 0.3 is 0 Å². The van der Waals surface area contributed by atoms with Gasteiger partial charge in [-0.2, -0.15) is 0 Å². The topological polar surface area (TPSA) is 29.5 Å². The van der Waals surface area contributed by atoms with Crippen LogP contribution < -0.4 is 0 Å². The number of hydrogen-bond donors (Lipinski definition) is 1. The average molecular weight is 128 g/mol. The average Bonchev–Trinajstić information content (AvgIpc) is 2.72. The molecule has 2 rings (SSSR count). The monoisotopic (exact) mass is 128 g/mol. The molecule has 0 heterocycles. The Morgan fingerprint density at radius 1 is 1.56 bits per heavy atom. The number of hydrogen-bond acceptors (Lipinski definition) is 2. The third-order valence-electron chi connectivity index (χ3n) is 2.42. The number of aliphatic hydroxyl groups is 1. The third kappa shape index (κ3) is 0.864. The Morgan fingerprint density at radius 3 is 2.78 bits per heavy atom. The molecule has 2 aliphatic rings. The fourth-order valence-corrected chi connectivity index (χ4v) is 1.43. The van der Waals surface area contributed by atoms with Gasteiger partial charge in [0.05, 0.1) is 19.3 Å². The number of aliphatic hydroxyl groups excluding tert-OH is 1. The minimum Gasteiger partial charge on any atom is -0.394 e. The molecule has 0 radical (unpaired) electrons. The number of ether oxygens (including phenoxy) is 1. The van der Waals surface area contributed by atoms with Crippen LogP contribution >= 0.6 is 0 Å². The van der Waals surface area contributed by atoms with Crippen molar-refractivity contribution in [3.8, 4) is 0 Å². The van der Waals surface area contributed by atoms with E-state index in [9.17, 15) is 0 Å². The van der Waals surface area contributed by atoms with Crippen molar-refractivity contribution in [2.24, 2.45) is 5.41 Å². The molecule has 0 amide bonds. The summed E-state index contributed by atoms with van der Waals surface area (Å²) in [5.74, 6) is 0. The molecule has 2 heteroatoms. The molecular formula is C7H12O2. The minimum absolute atomic E-state index is 0.173. The van der Waals surface area contributed by atoms with Gasteiger partial charge in [-0.3, -0.25) is 0 Å². The molecule has 2 nitrogen and oxygen atoms in total. The molecule has 2 fully saturated rings. The maximum Gasteiger partial charge on any atom is 0.0701 e. The molecule has 0 aromatic rings. The third-order valence-corrected chi connectivity index (χ3v) is 2.42. The fourth-order valence-electron chi connectivity index (χ4n) is 1.43. The largest absolute Gasteiger partial charge is 0.394 e. The maximum atomic E-state index is 8.41. The van der Waals surface area contributed by atoms with Crippen molar-refractivity contribution >= 4 is 0 Å². The van der Waals surface area contributed by atoms with E-state index in [4.69, 9.17) is 9.84 Å². The smallest absolute Gasteiger partial charge is 0.0701 e. The van der Waals surface area contributed by atoms with E-state index >= 15 is 0 Å². The number of rotatable bonds is 3. The quantitative estimate of drug-likeness (QED) is 0.601. The van der Waals surface area contributed by atoms with Crippen LogP contribution in [0.2, 0.25) is 0 Å². The van der Waals surface area contributed by atoms with Crippen LogP contribution in [0.4, 0.5) is 0 Å². The predicted octanol–water partition coefficient (Wildman–Crippen LogP) is 0.548. The predicted molar refractivity (Wildman–Crippen MR) is 33.1 cm³/mol. The Labute approximate surface area is 54.8 Å². The van der Waals surface area contributed by atoms with Crippen LogP contribution in [0.25, 0.3) is 0 Å². The molecule has 1 unspecified atom stereocenters. The molecular weight excluding hydrogens is 116 g/mol. The van der Waals surface area contributed by atoms with Crippen molar-refractivity contribution in [2.45, 2.75) is 25.4 Å². The lowest BCUT2D eigenvalue weighted by Gasteiger charge is -1.96. The molecule has 0 aromatic heterocycles. The van der Waals surface area contributed by atoms with E-state index in [2.05, 4.69) is 0 Å². The van der Waals surface area contributed by atoms with Crippen molar-refractivity contribution in [1.82, 2.24) is 0 Å². The van der Waals surface area contributed by atoms with E-state index in [1.807, 2.05) is 0 Å². The first-order valence-corrected chi connectivity index (χ1v) is 3.60. The molecule has 0 aromatic carbocycles. The van der Waals surface area contributed by atoms with E-state index in [0.717, 1.165) is 0 Å². The molecule has 9 heavy (non-hydrogen) atoms. The van der Waals surface area contributed by atoms with Crippen LogP contribution in [0, 0.1) is 5.41 Å². The molecule has 0 aliphatic heterocycles. The highest BCUT2D eigenvalue weighted by atomic mass is 16.5. The molecule has 2 saturated carbocycles. The fraction of sp³-hybridized carbons (Fsp3) is 1.00. The van der Waals surface area contributed by atoms with Gasteiger partial charge in [0.2, 0.25) is 0 Å². The van der Waals surface area contributed by atoms with Gasteiger partial charge in [0.15, 0.2) is 0 Å². The zero-order valence-corrected chi connectivity index (χ0v) is 5.47. The Morgan fingerprint density at radius 2 is 2.33 bits per heavy atom. The van der Waals surface area contributed by atoms with Crippen molar-refractivity contribution in [3.05, 3.63) is 0 Å². The normalized spacial score (nSPS) is 35.0. The summed E-state index contributed by atoms with van der Waals surface area (Å²) in [4.78, 5) is 0. The Balaban J connectivity index is 1.67. The van der Waals surface area contributed by atoms with Crippen molar-refractivity contribution in [1.29, 1.82) is 0 Å². The van der Waals surface area contributed by atoms with Crippen LogP contribution in [0.5, 0.6) is 0 Å². The van der Waals surface area contributed by atoms with E-state index in [0.29, 0.717) is 18.1 Å². The summed E-state index contributed by atoms with van der Waals surface area (Å²) >= 11 is 0. The molecule has 52 valence electrons. The van der Waals surface area contributed by atoms with Crippen molar-refractivity contribution < 1.29 is 9.84 Å². The summed E-state index contributed by atoms with van der Waals surface area (Å²) in [6.45, 7) is 0.707. The summed E-state index contributed by atoms with van der Waals surface area (Å²) < 4.78 is 5.33. The summed E-state index contributed by atoms with van der Waals surface area (Å²) in [5, 5.41) is 8.41. The van der Waals surface area contributed by atoms with Gasteiger partial charge < -0.3 is 9.84 Å². The molecule has 0 saturated heterocycles. The van der Waals surface area contributed by atoms with E-state index < -0.39 is 0 Å². The summed E-state index contributed by atoms with van der Waals surface area (Å²) in [6.07, 6.45) is 4.50.